The molecular formula is C9H14O8. The van der Waals surface area contributed by atoms with Crippen LogP contribution in [0.15, 0.2) is 0 Å². The third-order valence-corrected chi connectivity index (χ3v) is 2.49. The third kappa shape index (κ3) is 2.91. The first-order valence-electron chi connectivity index (χ1n) is 4.87. The standard InChI is InChI=1S/C9H14O8/c10-1-9(2-11)3-16-7(14)5(12)6(13)8(15)17-4-9/h5-6,10-13H,1-4H2. The van der Waals surface area contributed by atoms with Gasteiger partial charge in [-0.3, -0.25) is 0 Å². The van der Waals surface area contributed by atoms with E-state index >= 15 is 0 Å². The molecule has 2 atom stereocenters. The van der Waals surface area contributed by atoms with Crippen LogP contribution in [0.3, 0.4) is 0 Å². The van der Waals surface area contributed by atoms with Gasteiger partial charge in [0.2, 0.25) is 0 Å². The van der Waals surface area contributed by atoms with Crippen LogP contribution >= 0.6 is 0 Å². The molecule has 0 amide bonds. The highest BCUT2D eigenvalue weighted by Crippen LogP contribution is 2.19. The maximum absolute atomic E-state index is 11.2. The van der Waals surface area contributed by atoms with E-state index in [-0.39, 0.29) is 0 Å². The molecule has 98 valence electrons. The van der Waals surface area contributed by atoms with Crippen molar-refractivity contribution in [2.75, 3.05) is 26.4 Å². The number of hydrogen-bond acceptors (Lipinski definition) is 8. The van der Waals surface area contributed by atoms with Gasteiger partial charge in [0.15, 0.2) is 12.2 Å². The minimum Gasteiger partial charge on any atom is -0.463 e. The predicted molar refractivity (Wildman–Crippen MR) is 50.5 cm³/mol. The molecular weight excluding hydrogens is 236 g/mol. The summed E-state index contributed by atoms with van der Waals surface area (Å²) in [7, 11) is 0. The Kier molecular flexibility index (Phi) is 4.40. The fourth-order valence-corrected chi connectivity index (χ4v) is 1.15. The molecule has 0 spiro atoms. The van der Waals surface area contributed by atoms with Crippen molar-refractivity contribution in [1.82, 2.24) is 0 Å². The molecule has 1 fully saturated rings. The van der Waals surface area contributed by atoms with E-state index in [2.05, 4.69) is 9.47 Å². The van der Waals surface area contributed by atoms with Gasteiger partial charge >= 0.3 is 11.9 Å². The highest BCUT2D eigenvalue weighted by molar-refractivity contribution is 5.85. The molecule has 17 heavy (non-hydrogen) atoms. The molecule has 8 heteroatoms. The summed E-state index contributed by atoms with van der Waals surface area (Å²) < 4.78 is 9.18. The molecule has 0 aromatic carbocycles. The number of rotatable bonds is 2. The largest absolute Gasteiger partial charge is 0.463 e. The third-order valence-electron chi connectivity index (χ3n) is 2.49. The SMILES string of the molecule is O=C1OCC(CO)(CO)COC(=O)C(O)C1O. The van der Waals surface area contributed by atoms with E-state index in [0.29, 0.717) is 0 Å². The van der Waals surface area contributed by atoms with E-state index in [1.54, 1.807) is 0 Å². The normalized spacial score (nSPS) is 29.6. The van der Waals surface area contributed by atoms with Crippen molar-refractivity contribution in [1.29, 1.82) is 0 Å². The van der Waals surface area contributed by atoms with Crippen LogP contribution in [-0.2, 0) is 19.1 Å². The minimum atomic E-state index is -2.05. The number of aliphatic hydroxyl groups excluding tert-OH is 4. The molecule has 4 N–H and O–H groups in total. The van der Waals surface area contributed by atoms with Gasteiger partial charge in [-0.1, -0.05) is 0 Å². The van der Waals surface area contributed by atoms with Gasteiger partial charge < -0.3 is 29.9 Å². The van der Waals surface area contributed by atoms with Crippen LogP contribution in [0.4, 0.5) is 0 Å². The zero-order valence-electron chi connectivity index (χ0n) is 8.90. The molecule has 1 aliphatic heterocycles. The van der Waals surface area contributed by atoms with E-state index in [0.717, 1.165) is 0 Å². The molecule has 2 unspecified atom stereocenters. The molecule has 1 heterocycles. The molecule has 8 nitrogen and oxygen atoms in total. The van der Waals surface area contributed by atoms with Crippen LogP contribution in [0.1, 0.15) is 0 Å². The first kappa shape index (κ1) is 13.8. The molecule has 0 aromatic rings. The summed E-state index contributed by atoms with van der Waals surface area (Å²) in [6, 6.07) is 0. The molecule has 1 aliphatic rings. The summed E-state index contributed by atoms with van der Waals surface area (Å²) in [5.74, 6) is -2.44. The summed E-state index contributed by atoms with van der Waals surface area (Å²) in [5.41, 5.74) is -1.34. The average Bonchev–Trinajstić information content (AvgIpc) is 2.39. The van der Waals surface area contributed by atoms with Crippen molar-refractivity contribution in [3.63, 3.8) is 0 Å². The van der Waals surface area contributed by atoms with E-state index < -0.39 is 56.0 Å². The van der Waals surface area contributed by atoms with Crippen LogP contribution < -0.4 is 0 Å². The summed E-state index contributed by atoms with van der Waals surface area (Å²) in [5, 5.41) is 36.6. The topological polar surface area (TPSA) is 134 Å². The number of carbonyl (C=O) groups excluding carboxylic acids is 2. The molecule has 0 bridgehead atoms. The van der Waals surface area contributed by atoms with Gasteiger partial charge in [-0.05, 0) is 0 Å². The first-order valence-corrected chi connectivity index (χ1v) is 4.87. The van der Waals surface area contributed by atoms with Gasteiger partial charge in [0.05, 0.1) is 18.6 Å². The highest BCUT2D eigenvalue weighted by atomic mass is 16.6. The van der Waals surface area contributed by atoms with Gasteiger partial charge in [-0.2, -0.15) is 0 Å². The Bertz CT molecular complexity index is 271. The molecule has 0 aromatic heterocycles. The van der Waals surface area contributed by atoms with E-state index in [1.807, 2.05) is 0 Å². The van der Waals surface area contributed by atoms with Crippen LogP contribution in [0, 0.1) is 5.41 Å². The Morgan fingerprint density at radius 2 is 1.35 bits per heavy atom. The zero-order valence-corrected chi connectivity index (χ0v) is 8.90. The van der Waals surface area contributed by atoms with Crippen LogP contribution in [-0.4, -0.2) is 71.0 Å². The number of carbonyl (C=O) groups is 2. The number of ether oxygens (including phenoxy) is 2. The lowest BCUT2D eigenvalue weighted by molar-refractivity contribution is -0.169. The van der Waals surface area contributed by atoms with Gasteiger partial charge in [0, 0.05) is 0 Å². The predicted octanol–water partition coefficient (Wildman–Crippen LogP) is -3.22. The molecule has 0 radical (unpaired) electrons. The maximum Gasteiger partial charge on any atom is 0.338 e. The maximum atomic E-state index is 11.2. The van der Waals surface area contributed by atoms with Crippen molar-refractivity contribution >= 4 is 11.9 Å². The quantitative estimate of drug-likeness (QED) is 0.376. The number of esters is 2. The second kappa shape index (κ2) is 5.41. The van der Waals surface area contributed by atoms with Crippen LogP contribution in [0.5, 0.6) is 0 Å². The second-order valence-electron chi connectivity index (χ2n) is 3.92. The smallest absolute Gasteiger partial charge is 0.338 e. The van der Waals surface area contributed by atoms with Crippen molar-refractivity contribution in [2.24, 2.45) is 5.41 Å². The fraction of sp³-hybridized carbons (Fsp3) is 0.778. The molecule has 1 saturated heterocycles. The Hall–Kier alpha value is -1.22. The minimum absolute atomic E-state index is 0.435. The molecule has 1 rings (SSSR count). The lowest BCUT2D eigenvalue weighted by atomic mass is 9.92. The van der Waals surface area contributed by atoms with Crippen molar-refractivity contribution in [2.45, 2.75) is 12.2 Å². The van der Waals surface area contributed by atoms with Crippen molar-refractivity contribution in [3.05, 3.63) is 0 Å². The zero-order chi connectivity index (χ0) is 13.1. The van der Waals surface area contributed by atoms with E-state index in [1.165, 1.54) is 0 Å². The van der Waals surface area contributed by atoms with E-state index in [4.69, 9.17) is 10.2 Å². The number of cyclic esters (lactones) is 2. The summed E-state index contributed by atoms with van der Waals surface area (Å²) >= 11 is 0. The van der Waals surface area contributed by atoms with Gasteiger partial charge in [-0.15, -0.1) is 0 Å². The summed E-state index contributed by atoms with van der Waals surface area (Å²) in [6.07, 6.45) is -4.09. The summed E-state index contributed by atoms with van der Waals surface area (Å²) in [6.45, 7) is -2.04. The fourth-order valence-electron chi connectivity index (χ4n) is 1.15. The number of aliphatic hydroxyl groups is 4. The van der Waals surface area contributed by atoms with Gasteiger partial charge in [0.25, 0.3) is 0 Å². The number of hydrogen-bond donors (Lipinski definition) is 4. The van der Waals surface area contributed by atoms with Crippen molar-refractivity contribution in [3.8, 4) is 0 Å². The lowest BCUT2D eigenvalue weighted by Gasteiger charge is -2.27. The van der Waals surface area contributed by atoms with Crippen LogP contribution in [0.2, 0.25) is 0 Å². The second-order valence-corrected chi connectivity index (χ2v) is 3.92. The Morgan fingerprint density at radius 1 is 1.00 bits per heavy atom. The molecule has 0 aliphatic carbocycles. The van der Waals surface area contributed by atoms with Crippen LogP contribution in [0.25, 0.3) is 0 Å². The van der Waals surface area contributed by atoms with E-state index in [9.17, 15) is 19.8 Å². The summed E-state index contributed by atoms with van der Waals surface area (Å²) in [4.78, 5) is 22.4. The Labute approximate surface area is 96.4 Å². The first-order chi connectivity index (χ1) is 7.95. The van der Waals surface area contributed by atoms with Gasteiger partial charge in [0.1, 0.15) is 13.2 Å². The molecule has 0 saturated carbocycles. The Morgan fingerprint density at radius 3 is 1.65 bits per heavy atom. The average molecular weight is 250 g/mol. The van der Waals surface area contributed by atoms with Gasteiger partial charge in [-0.25, -0.2) is 9.59 Å². The highest BCUT2D eigenvalue weighted by Gasteiger charge is 2.40. The lowest BCUT2D eigenvalue weighted by Crippen LogP contribution is -2.40. The monoisotopic (exact) mass is 250 g/mol. The van der Waals surface area contributed by atoms with Crippen molar-refractivity contribution < 1.29 is 39.5 Å². The Balaban J connectivity index is 2.89.